The van der Waals surface area contributed by atoms with E-state index < -0.39 is 5.82 Å². The number of nitrogens with zero attached hydrogens (tertiary/aromatic N) is 3. The largest absolute Gasteiger partial charge is 0.356 e. The Morgan fingerprint density at radius 3 is 2.59 bits per heavy atom. The summed E-state index contributed by atoms with van der Waals surface area (Å²) in [7, 11) is 5.09. The molecule has 0 atom stereocenters. The summed E-state index contributed by atoms with van der Waals surface area (Å²) in [6, 6.07) is 13.8. The number of nitrogens with one attached hydrogen (secondary N) is 2. The number of rotatable bonds is 6. The molecule has 2 N–H and O–H groups in total. The summed E-state index contributed by atoms with van der Waals surface area (Å²) in [6.07, 6.45) is 0.709. The quantitative estimate of drug-likeness (QED) is 0.357. The molecule has 0 saturated heterocycles. The second-order valence-corrected chi connectivity index (χ2v) is 6.42. The highest BCUT2D eigenvalue weighted by Gasteiger charge is 2.08. The lowest BCUT2D eigenvalue weighted by Crippen LogP contribution is -2.38. The van der Waals surface area contributed by atoms with E-state index in [4.69, 9.17) is 5.26 Å². The summed E-state index contributed by atoms with van der Waals surface area (Å²) in [5.74, 6) is 0.0883. The third kappa shape index (κ3) is 7.34. The van der Waals surface area contributed by atoms with Gasteiger partial charge in [-0.25, -0.2) is 4.39 Å². The van der Waals surface area contributed by atoms with Crippen molar-refractivity contribution in [3.05, 3.63) is 70.5 Å². The number of hydrogen-bond acceptors (Lipinski definition) is 3. The van der Waals surface area contributed by atoms with E-state index in [1.165, 1.54) is 6.07 Å². The van der Waals surface area contributed by atoms with Crippen molar-refractivity contribution in [3.63, 3.8) is 0 Å². The Labute approximate surface area is 187 Å². The Balaban J connectivity index is 0.00000420. The van der Waals surface area contributed by atoms with Crippen LogP contribution in [0, 0.1) is 17.1 Å². The lowest BCUT2D eigenvalue weighted by molar-refractivity contribution is 0.0827. The van der Waals surface area contributed by atoms with Gasteiger partial charge in [0, 0.05) is 45.4 Å². The molecule has 8 heteroatoms. The number of aliphatic imine (C=N–C) groups is 1. The monoisotopic (exact) mass is 509 g/mol. The van der Waals surface area contributed by atoms with Crippen molar-refractivity contribution in [3.8, 4) is 6.07 Å². The summed E-state index contributed by atoms with van der Waals surface area (Å²) in [5.41, 5.74) is 2.44. The third-order valence-electron chi connectivity index (χ3n) is 4.14. The molecule has 0 aliphatic rings. The van der Waals surface area contributed by atoms with Crippen molar-refractivity contribution in [1.82, 2.24) is 15.5 Å². The second kappa shape index (κ2) is 12.0. The van der Waals surface area contributed by atoms with Crippen LogP contribution >= 0.6 is 24.0 Å². The fourth-order valence-electron chi connectivity index (χ4n) is 2.60. The lowest BCUT2D eigenvalue weighted by atomic mass is 10.1. The standard InChI is InChI=1S/C21H24FN5O.HI/c1-24-21(26-14-18-8-7-16(13-23)12-19(18)22)25-10-9-15-5-4-6-17(11-15)20(28)27(2)3;/h4-8,11-12H,9-10,14H2,1-3H3,(H2,24,25,26);1H. The normalized spacial score (nSPS) is 10.5. The number of amides is 1. The van der Waals surface area contributed by atoms with E-state index >= 15 is 0 Å². The van der Waals surface area contributed by atoms with Crippen LogP contribution in [0.4, 0.5) is 4.39 Å². The molecular weight excluding hydrogens is 484 g/mol. The second-order valence-electron chi connectivity index (χ2n) is 6.42. The average Bonchev–Trinajstić information content (AvgIpc) is 2.70. The van der Waals surface area contributed by atoms with E-state index in [2.05, 4.69) is 15.6 Å². The van der Waals surface area contributed by atoms with Crippen LogP contribution < -0.4 is 10.6 Å². The smallest absolute Gasteiger partial charge is 0.253 e. The minimum atomic E-state index is -0.427. The van der Waals surface area contributed by atoms with Crippen molar-refractivity contribution in [2.45, 2.75) is 13.0 Å². The Bertz CT molecular complexity index is 908. The van der Waals surface area contributed by atoms with Gasteiger partial charge in [0.15, 0.2) is 5.96 Å². The number of benzene rings is 2. The van der Waals surface area contributed by atoms with Gasteiger partial charge in [0.05, 0.1) is 11.6 Å². The van der Waals surface area contributed by atoms with E-state index in [9.17, 15) is 9.18 Å². The highest BCUT2D eigenvalue weighted by atomic mass is 127. The number of guanidine groups is 1. The number of carbonyl (C=O) groups excluding carboxylic acids is 1. The SMILES string of the molecule is CN=C(NCCc1cccc(C(=O)N(C)C)c1)NCc1ccc(C#N)cc1F.I. The van der Waals surface area contributed by atoms with E-state index in [0.717, 1.165) is 5.56 Å². The molecule has 0 unspecified atom stereocenters. The van der Waals surface area contributed by atoms with Crippen LogP contribution in [0.25, 0.3) is 0 Å². The van der Waals surface area contributed by atoms with Gasteiger partial charge < -0.3 is 15.5 Å². The molecule has 6 nitrogen and oxygen atoms in total. The number of hydrogen-bond donors (Lipinski definition) is 2. The Morgan fingerprint density at radius 1 is 1.21 bits per heavy atom. The molecule has 2 rings (SSSR count). The average molecular weight is 509 g/mol. The van der Waals surface area contributed by atoms with Gasteiger partial charge in [0.1, 0.15) is 5.82 Å². The number of halogens is 2. The van der Waals surface area contributed by atoms with Gasteiger partial charge in [-0.15, -0.1) is 24.0 Å². The minimum Gasteiger partial charge on any atom is -0.356 e. The first kappa shape index (κ1) is 24.4. The molecule has 0 heterocycles. The summed E-state index contributed by atoms with van der Waals surface area (Å²) < 4.78 is 13.9. The Hall–Kier alpha value is -2.67. The van der Waals surface area contributed by atoms with Gasteiger partial charge >= 0.3 is 0 Å². The third-order valence-corrected chi connectivity index (χ3v) is 4.14. The first-order chi connectivity index (χ1) is 13.4. The molecule has 0 spiro atoms. The van der Waals surface area contributed by atoms with E-state index in [1.807, 2.05) is 24.3 Å². The van der Waals surface area contributed by atoms with Gasteiger partial charge in [-0.2, -0.15) is 5.26 Å². The summed E-state index contributed by atoms with van der Waals surface area (Å²) >= 11 is 0. The van der Waals surface area contributed by atoms with Crippen LogP contribution in [0.5, 0.6) is 0 Å². The molecular formula is C21H25FIN5O. The van der Waals surface area contributed by atoms with Gasteiger partial charge in [-0.05, 0) is 36.2 Å². The molecule has 0 bridgehead atoms. The fourth-order valence-corrected chi connectivity index (χ4v) is 2.60. The van der Waals surface area contributed by atoms with E-state index in [1.54, 1.807) is 44.2 Å². The van der Waals surface area contributed by atoms with Gasteiger partial charge in [-0.3, -0.25) is 9.79 Å². The van der Waals surface area contributed by atoms with Crippen molar-refractivity contribution in [2.24, 2.45) is 4.99 Å². The lowest BCUT2D eigenvalue weighted by Gasteiger charge is -2.13. The van der Waals surface area contributed by atoms with Crippen molar-refractivity contribution in [1.29, 1.82) is 5.26 Å². The maximum Gasteiger partial charge on any atom is 0.253 e. The first-order valence-electron chi connectivity index (χ1n) is 8.88. The summed E-state index contributed by atoms with van der Waals surface area (Å²) in [4.78, 5) is 17.7. The molecule has 1 amide bonds. The molecule has 2 aromatic carbocycles. The van der Waals surface area contributed by atoms with Crippen LogP contribution in [0.3, 0.4) is 0 Å². The molecule has 0 saturated carbocycles. The van der Waals surface area contributed by atoms with Crippen molar-refractivity contribution in [2.75, 3.05) is 27.7 Å². The predicted octanol–water partition coefficient (Wildman–Crippen LogP) is 2.92. The van der Waals surface area contributed by atoms with Crippen LogP contribution in [-0.2, 0) is 13.0 Å². The van der Waals surface area contributed by atoms with Crippen LogP contribution in [0.15, 0.2) is 47.5 Å². The minimum absolute atomic E-state index is 0. The molecule has 2 aromatic rings. The molecule has 0 aromatic heterocycles. The maximum atomic E-state index is 13.9. The summed E-state index contributed by atoms with van der Waals surface area (Å²) in [6.45, 7) is 0.860. The highest BCUT2D eigenvalue weighted by molar-refractivity contribution is 14.0. The molecule has 0 aliphatic carbocycles. The van der Waals surface area contributed by atoms with Crippen LogP contribution in [0.2, 0.25) is 0 Å². The zero-order chi connectivity index (χ0) is 20.5. The number of nitriles is 1. The van der Waals surface area contributed by atoms with Crippen molar-refractivity contribution < 1.29 is 9.18 Å². The topological polar surface area (TPSA) is 80.5 Å². The Morgan fingerprint density at radius 2 is 1.97 bits per heavy atom. The fraction of sp³-hybridized carbons (Fsp3) is 0.286. The summed E-state index contributed by atoms with van der Waals surface area (Å²) in [5, 5.41) is 15.0. The molecule has 154 valence electrons. The maximum absolute atomic E-state index is 13.9. The Kier molecular flexibility index (Phi) is 10.1. The van der Waals surface area contributed by atoms with Gasteiger partial charge in [-0.1, -0.05) is 18.2 Å². The zero-order valence-corrected chi connectivity index (χ0v) is 19.0. The molecule has 0 radical (unpaired) electrons. The van der Waals surface area contributed by atoms with E-state index in [0.29, 0.717) is 35.6 Å². The van der Waals surface area contributed by atoms with Gasteiger partial charge in [0.25, 0.3) is 5.91 Å². The predicted molar refractivity (Wildman–Crippen MR) is 123 cm³/mol. The first-order valence-corrected chi connectivity index (χ1v) is 8.88. The number of carbonyl (C=O) groups is 1. The van der Waals surface area contributed by atoms with Crippen molar-refractivity contribution >= 4 is 35.8 Å². The van der Waals surface area contributed by atoms with Crippen LogP contribution in [0.1, 0.15) is 27.0 Å². The molecule has 0 fully saturated rings. The van der Waals surface area contributed by atoms with E-state index in [-0.39, 0.29) is 36.4 Å². The highest BCUT2D eigenvalue weighted by Crippen LogP contribution is 2.10. The molecule has 29 heavy (non-hydrogen) atoms. The van der Waals surface area contributed by atoms with Gasteiger partial charge in [0.2, 0.25) is 0 Å². The molecule has 0 aliphatic heterocycles. The van der Waals surface area contributed by atoms with Crippen LogP contribution in [-0.4, -0.2) is 44.5 Å². The zero-order valence-electron chi connectivity index (χ0n) is 16.7.